The summed E-state index contributed by atoms with van der Waals surface area (Å²) in [6.45, 7) is 5.33. The lowest BCUT2D eigenvalue weighted by molar-refractivity contribution is 0.0266. The quantitative estimate of drug-likeness (QED) is 0.499. The predicted octanol–water partition coefficient (Wildman–Crippen LogP) is 1.47. The summed E-state index contributed by atoms with van der Waals surface area (Å²) in [5, 5.41) is 15.0. The van der Waals surface area contributed by atoms with Crippen molar-refractivity contribution in [1.82, 2.24) is 23.6 Å². The van der Waals surface area contributed by atoms with Crippen molar-refractivity contribution in [2.45, 2.75) is 82.6 Å². The number of fused-ring (bicyclic) bond motifs is 1. The number of aryl methyl sites for hydroxylation is 1. The second-order valence-electron chi connectivity index (χ2n) is 10.5. The summed E-state index contributed by atoms with van der Waals surface area (Å²) < 4.78 is 36.7. The fourth-order valence-corrected chi connectivity index (χ4v) is 6.94. The molecule has 12 heteroatoms. The molecule has 3 aliphatic rings. The second-order valence-corrected chi connectivity index (χ2v) is 12.3. The van der Waals surface area contributed by atoms with Crippen molar-refractivity contribution >= 4 is 27.2 Å². The Morgan fingerprint density at radius 1 is 1.22 bits per heavy atom. The third-order valence-electron chi connectivity index (χ3n) is 7.79. The minimum absolute atomic E-state index is 0.00674. The molecule has 5 rings (SSSR count). The van der Waals surface area contributed by atoms with E-state index in [4.69, 9.17) is 9.72 Å². The van der Waals surface area contributed by atoms with E-state index in [1.165, 1.54) is 4.31 Å². The number of piperidine rings is 1. The van der Waals surface area contributed by atoms with Gasteiger partial charge < -0.3 is 15.2 Å². The normalized spacial score (nSPS) is 28.2. The largest absolute Gasteiger partial charge is 0.388 e. The summed E-state index contributed by atoms with van der Waals surface area (Å²) in [6, 6.07) is 1.45. The molecule has 2 aromatic rings. The van der Waals surface area contributed by atoms with Gasteiger partial charge in [0.1, 0.15) is 5.65 Å². The van der Waals surface area contributed by atoms with Crippen molar-refractivity contribution in [2.24, 2.45) is 0 Å². The summed E-state index contributed by atoms with van der Waals surface area (Å²) in [6.07, 6.45) is 6.93. The van der Waals surface area contributed by atoms with Crippen LogP contribution in [-0.2, 0) is 14.9 Å². The average Bonchev–Trinajstić information content (AvgIpc) is 3.49. The summed E-state index contributed by atoms with van der Waals surface area (Å²) in [5.41, 5.74) is -0.0163. The zero-order valence-corrected chi connectivity index (χ0v) is 21.8. The van der Waals surface area contributed by atoms with E-state index >= 15 is 0 Å². The first-order chi connectivity index (χ1) is 17.1. The van der Waals surface area contributed by atoms with Gasteiger partial charge in [0, 0.05) is 49.4 Å². The van der Waals surface area contributed by atoms with Gasteiger partial charge in [0.15, 0.2) is 0 Å². The van der Waals surface area contributed by atoms with Gasteiger partial charge in [-0.05, 0) is 64.9 Å². The van der Waals surface area contributed by atoms with E-state index in [2.05, 4.69) is 15.0 Å². The van der Waals surface area contributed by atoms with Gasteiger partial charge in [-0.25, -0.2) is 4.98 Å². The van der Waals surface area contributed by atoms with Gasteiger partial charge in [0.25, 0.3) is 15.8 Å². The first-order valence-corrected chi connectivity index (χ1v) is 14.3. The van der Waals surface area contributed by atoms with Crippen LogP contribution in [0.15, 0.2) is 17.1 Å². The van der Waals surface area contributed by atoms with Gasteiger partial charge in [-0.3, -0.25) is 9.36 Å². The molecule has 1 saturated carbocycles. The average molecular weight is 521 g/mol. The molecule has 2 saturated heterocycles. The Bertz CT molecular complexity index is 1270. The van der Waals surface area contributed by atoms with E-state index < -0.39 is 15.8 Å². The molecule has 0 radical (unpaired) electrons. The highest BCUT2D eigenvalue weighted by molar-refractivity contribution is 7.87. The minimum Gasteiger partial charge on any atom is -0.388 e. The summed E-state index contributed by atoms with van der Waals surface area (Å²) in [4.78, 5) is 22.3. The number of ether oxygens (including phenoxy) is 1. The first kappa shape index (κ1) is 25.5. The second kappa shape index (κ2) is 9.97. The van der Waals surface area contributed by atoms with Crippen LogP contribution in [0.5, 0.6) is 0 Å². The molecule has 1 aliphatic carbocycles. The maximum Gasteiger partial charge on any atom is 0.279 e. The van der Waals surface area contributed by atoms with Crippen LogP contribution in [0, 0.1) is 6.92 Å². The molecular formula is C24H36N6O5S. The van der Waals surface area contributed by atoms with Crippen molar-refractivity contribution in [3.8, 4) is 0 Å². The predicted molar refractivity (Wildman–Crippen MR) is 136 cm³/mol. The van der Waals surface area contributed by atoms with Crippen LogP contribution in [0.1, 0.15) is 63.5 Å². The standard InChI is InChI=1S/C24H36N6O5S/c1-16-13-17-14-25-23(28-21(17)30(22(16)31)20-6-3-9-24(20,2)32)27-18-7-10-29(11-8-18)36(33,34)26-15-19-5-4-12-35-19/h13-14,18-20,26,32H,3-12,15H2,1-2H3,(H,25,27,28)/t19-,20-,24-/m1/s1. The number of pyridine rings is 1. The van der Waals surface area contributed by atoms with Crippen LogP contribution in [0.3, 0.4) is 0 Å². The monoisotopic (exact) mass is 520 g/mol. The Morgan fingerprint density at radius 3 is 2.67 bits per heavy atom. The molecule has 0 spiro atoms. The van der Waals surface area contributed by atoms with Gasteiger partial charge in [0.05, 0.1) is 17.7 Å². The van der Waals surface area contributed by atoms with Gasteiger partial charge >= 0.3 is 0 Å². The molecule has 198 valence electrons. The van der Waals surface area contributed by atoms with Crippen LogP contribution in [0.4, 0.5) is 5.95 Å². The van der Waals surface area contributed by atoms with Crippen LogP contribution in [0.25, 0.3) is 11.0 Å². The summed E-state index contributed by atoms with van der Waals surface area (Å²) in [7, 11) is -3.55. The molecule has 2 aliphatic heterocycles. The summed E-state index contributed by atoms with van der Waals surface area (Å²) in [5.74, 6) is 0.398. The molecule has 3 N–H and O–H groups in total. The van der Waals surface area contributed by atoms with E-state index in [1.54, 1.807) is 30.7 Å². The van der Waals surface area contributed by atoms with E-state index in [9.17, 15) is 18.3 Å². The van der Waals surface area contributed by atoms with Crippen molar-refractivity contribution in [1.29, 1.82) is 0 Å². The van der Waals surface area contributed by atoms with E-state index in [1.807, 2.05) is 0 Å². The number of hydrogen-bond acceptors (Lipinski definition) is 8. The fourth-order valence-electron chi connectivity index (χ4n) is 5.67. The summed E-state index contributed by atoms with van der Waals surface area (Å²) >= 11 is 0. The zero-order chi connectivity index (χ0) is 25.5. The molecule has 4 heterocycles. The molecule has 0 unspecified atom stereocenters. The van der Waals surface area contributed by atoms with Gasteiger partial charge in [-0.1, -0.05) is 0 Å². The SMILES string of the molecule is Cc1cc2cnc(NC3CCN(S(=O)(=O)NC[C@H]4CCCO4)CC3)nc2n([C@@H]2CCC[C@@]2(C)O)c1=O. The molecule has 0 amide bonds. The van der Waals surface area contributed by atoms with Gasteiger partial charge in [-0.2, -0.15) is 22.4 Å². The van der Waals surface area contributed by atoms with Crippen LogP contribution >= 0.6 is 0 Å². The molecule has 11 nitrogen and oxygen atoms in total. The van der Waals surface area contributed by atoms with Crippen molar-refractivity contribution < 1.29 is 18.3 Å². The lowest BCUT2D eigenvalue weighted by Gasteiger charge is -2.32. The van der Waals surface area contributed by atoms with Gasteiger partial charge in [-0.15, -0.1) is 0 Å². The lowest BCUT2D eigenvalue weighted by atomic mass is 9.99. The Labute approximate surface area is 211 Å². The van der Waals surface area contributed by atoms with Crippen molar-refractivity contribution in [2.75, 3.05) is 31.6 Å². The number of aromatic nitrogens is 3. The highest BCUT2D eigenvalue weighted by atomic mass is 32.2. The third-order valence-corrected chi connectivity index (χ3v) is 9.36. The molecule has 0 bridgehead atoms. The number of nitrogens with zero attached hydrogens (tertiary/aromatic N) is 4. The number of rotatable bonds is 7. The van der Waals surface area contributed by atoms with E-state index in [-0.39, 0.29) is 23.7 Å². The maximum absolute atomic E-state index is 13.1. The highest BCUT2D eigenvalue weighted by Crippen LogP contribution is 2.39. The minimum atomic E-state index is -3.55. The first-order valence-electron chi connectivity index (χ1n) is 12.9. The molecule has 36 heavy (non-hydrogen) atoms. The smallest absolute Gasteiger partial charge is 0.279 e. The van der Waals surface area contributed by atoms with E-state index in [0.717, 1.165) is 24.6 Å². The lowest BCUT2D eigenvalue weighted by Crippen LogP contribution is -2.48. The Kier molecular flexibility index (Phi) is 7.07. The third kappa shape index (κ3) is 5.14. The van der Waals surface area contributed by atoms with Crippen molar-refractivity contribution in [3.63, 3.8) is 0 Å². The Hall–Kier alpha value is -2.12. The Morgan fingerprint density at radius 2 is 2.00 bits per heavy atom. The number of anilines is 1. The topological polar surface area (TPSA) is 139 Å². The van der Waals surface area contributed by atoms with Crippen LogP contribution in [-0.4, -0.2) is 76.4 Å². The molecular weight excluding hydrogens is 484 g/mol. The maximum atomic E-state index is 13.1. The fraction of sp³-hybridized carbons (Fsp3) is 0.708. The van der Waals surface area contributed by atoms with Crippen molar-refractivity contribution in [3.05, 3.63) is 28.2 Å². The van der Waals surface area contributed by atoms with Crippen LogP contribution < -0.4 is 15.6 Å². The number of hydrogen-bond donors (Lipinski definition) is 3. The van der Waals surface area contributed by atoms with E-state index in [0.29, 0.717) is 69.1 Å². The Balaban J connectivity index is 1.28. The molecule has 0 aromatic carbocycles. The molecule has 3 atom stereocenters. The van der Waals surface area contributed by atoms with Crippen LogP contribution in [0.2, 0.25) is 0 Å². The highest BCUT2D eigenvalue weighted by Gasteiger charge is 2.39. The number of aliphatic hydroxyl groups is 1. The molecule has 2 aromatic heterocycles. The number of nitrogens with one attached hydrogen (secondary N) is 2. The molecule has 3 fully saturated rings. The van der Waals surface area contributed by atoms with Gasteiger partial charge in [0.2, 0.25) is 5.95 Å². The zero-order valence-electron chi connectivity index (χ0n) is 20.9.